The molecule has 0 aliphatic carbocycles. The average molecular weight is 322 g/mol. The molecule has 112 valence electrons. The van der Waals surface area contributed by atoms with Crippen LogP contribution in [0.15, 0.2) is 17.2 Å². The molecule has 2 aromatic heterocycles. The van der Waals surface area contributed by atoms with Crippen molar-refractivity contribution < 1.29 is 4.79 Å². The summed E-state index contributed by atoms with van der Waals surface area (Å²) in [6.45, 7) is 7.83. The number of rotatable bonds is 5. The molecule has 0 fully saturated rings. The molecular weight excluding hydrogens is 304 g/mol. The summed E-state index contributed by atoms with van der Waals surface area (Å²) in [6.07, 6.45) is 0. The van der Waals surface area contributed by atoms with Gasteiger partial charge in [-0.25, -0.2) is 4.98 Å². The van der Waals surface area contributed by atoms with Gasteiger partial charge in [0.05, 0.1) is 21.3 Å². The minimum absolute atomic E-state index is 0.00908. The third-order valence-corrected chi connectivity index (χ3v) is 4.59. The lowest BCUT2D eigenvalue weighted by atomic mass is 10.3. The van der Waals surface area contributed by atoms with Crippen LogP contribution in [0.1, 0.15) is 24.5 Å². The summed E-state index contributed by atoms with van der Waals surface area (Å²) in [6, 6.07) is 3.98. The first-order valence-electron chi connectivity index (χ1n) is 6.66. The Kier molecular flexibility index (Phi) is 5.30. The summed E-state index contributed by atoms with van der Waals surface area (Å²) in [5.74, 6) is 0.361. The van der Waals surface area contributed by atoms with E-state index in [9.17, 15) is 4.79 Å². The topological polar surface area (TPSA) is 67.8 Å². The number of hydrogen-bond donors (Lipinski definition) is 1. The Bertz CT molecular complexity index is 622. The molecule has 0 aliphatic heterocycles. The summed E-state index contributed by atoms with van der Waals surface area (Å²) < 4.78 is 0. The quantitative estimate of drug-likeness (QED) is 0.857. The molecule has 0 saturated carbocycles. The first kappa shape index (κ1) is 15.9. The highest BCUT2D eigenvalue weighted by molar-refractivity contribution is 7.99. The van der Waals surface area contributed by atoms with E-state index in [4.69, 9.17) is 0 Å². The highest BCUT2D eigenvalue weighted by Crippen LogP contribution is 2.28. The molecule has 1 N–H and O–H groups in total. The van der Waals surface area contributed by atoms with E-state index in [-0.39, 0.29) is 11.9 Å². The standard InChI is InChI=1S/C14H18N4OS2/c1-8(2)15-12(19)7-20-13-6-5-11(17-18-13)14-9(3)16-10(4)21-14/h5-6,8H,7H2,1-4H3,(H,15,19). The highest BCUT2D eigenvalue weighted by Gasteiger charge is 2.10. The predicted molar refractivity (Wildman–Crippen MR) is 86.6 cm³/mol. The van der Waals surface area contributed by atoms with Gasteiger partial charge in [0.1, 0.15) is 10.7 Å². The SMILES string of the molecule is Cc1nc(C)c(-c2ccc(SCC(=O)NC(C)C)nn2)s1. The number of carbonyl (C=O) groups excluding carboxylic acids is 1. The lowest BCUT2D eigenvalue weighted by Gasteiger charge is -2.07. The number of nitrogens with zero attached hydrogens (tertiary/aromatic N) is 3. The maximum Gasteiger partial charge on any atom is 0.230 e. The van der Waals surface area contributed by atoms with Crippen molar-refractivity contribution in [3.05, 3.63) is 22.8 Å². The van der Waals surface area contributed by atoms with Gasteiger partial charge >= 0.3 is 0 Å². The summed E-state index contributed by atoms with van der Waals surface area (Å²) in [7, 11) is 0. The van der Waals surface area contributed by atoms with Crippen molar-refractivity contribution >= 4 is 29.0 Å². The van der Waals surface area contributed by atoms with Gasteiger partial charge in [0.25, 0.3) is 0 Å². The molecule has 0 aromatic carbocycles. The van der Waals surface area contributed by atoms with Gasteiger partial charge in [0, 0.05) is 6.04 Å². The Hall–Kier alpha value is -1.47. The normalized spacial score (nSPS) is 10.9. The van der Waals surface area contributed by atoms with Gasteiger partial charge in [-0.3, -0.25) is 4.79 Å². The predicted octanol–water partition coefficient (Wildman–Crippen LogP) is 2.83. The summed E-state index contributed by atoms with van der Waals surface area (Å²) in [5.41, 5.74) is 1.80. The van der Waals surface area contributed by atoms with Crippen molar-refractivity contribution in [3.63, 3.8) is 0 Å². The number of hydrogen-bond acceptors (Lipinski definition) is 6. The Balaban J connectivity index is 1.99. The minimum Gasteiger partial charge on any atom is -0.353 e. The zero-order chi connectivity index (χ0) is 15.4. The van der Waals surface area contributed by atoms with Crippen molar-refractivity contribution in [2.45, 2.75) is 38.8 Å². The van der Waals surface area contributed by atoms with Crippen LogP contribution >= 0.6 is 23.1 Å². The Morgan fingerprint density at radius 1 is 1.33 bits per heavy atom. The number of amides is 1. The molecule has 0 unspecified atom stereocenters. The van der Waals surface area contributed by atoms with E-state index in [1.807, 2.05) is 39.8 Å². The van der Waals surface area contributed by atoms with Gasteiger partial charge in [-0.05, 0) is 39.8 Å². The lowest BCUT2D eigenvalue weighted by Crippen LogP contribution is -2.31. The molecule has 0 atom stereocenters. The van der Waals surface area contributed by atoms with Crippen LogP contribution in [0, 0.1) is 13.8 Å². The van der Waals surface area contributed by atoms with E-state index in [1.165, 1.54) is 11.8 Å². The van der Waals surface area contributed by atoms with Gasteiger partial charge in [0.15, 0.2) is 0 Å². The van der Waals surface area contributed by atoms with Gasteiger partial charge in [-0.2, -0.15) is 0 Å². The molecule has 5 nitrogen and oxygen atoms in total. The molecule has 0 saturated heterocycles. The van der Waals surface area contributed by atoms with Crippen LogP contribution in [-0.2, 0) is 4.79 Å². The van der Waals surface area contributed by atoms with Crippen molar-refractivity contribution in [2.24, 2.45) is 0 Å². The minimum atomic E-state index is 0.00908. The van der Waals surface area contributed by atoms with Gasteiger partial charge in [0.2, 0.25) is 5.91 Å². The second-order valence-corrected chi connectivity index (χ2v) is 7.11. The van der Waals surface area contributed by atoms with Crippen LogP contribution in [0.3, 0.4) is 0 Å². The number of aryl methyl sites for hydroxylation is 2. The van der Waals surface area contributed by atoms with Crippen LogP contribution in [0.5, 0.6) is 0 Å². The molecule has 2 heterocycles. The van der Waals surface area contributed by atoms with Gasteiger partial charge in [-0.15, -0.1) is 21.5 Å². The first-order valence-corrected chi connectivity index (χ1v) is 8.46. The van der Waals surface area contributed by atoms with Crippen LogP contribution in [0.2, 0.25) is 0 Å². The number of carbonyl (C=O) groups is 1. The molecule has 0 spiro atoms. The van der Waals surface area contributed by atoms with Crippen LogP contribution in [0.25, 0.3) is 10.6 Å². The Morgan fingerprint density at radius 2 is 2.10 bits per heavy atom. The fourth-order valence-corrected chi connectivity index (χ4v) is 3.30. The number of nitrogens with one attached hydrogen (secondary N) is 1. The fraction of sp³-hybridized carbons (Fsp3) is 0.429. The van der Waals surface area contributed by atoms with Crippen LogP contribution < -0.4 is 5.32 Å². The van der Waals surface area contributed by atoms with Crippen molar-refractivity contribution in [2.75, 3.05) is 5.75 Å². The molecule has 1 amide bonds. The summed E-state index contributed by atoms with van der Waals surface area (Å²) in [5, 5.41) is 13.0. The Labute approximate surface area is 132 Å². The second-order valence-electron chi connectivity index (χ2n) is 4.92. The van der Waals surface area contributed by atoms with Crippen molar-refractivity contribution in [1.29, 1.82) is 0 Å². The third-order valence-electron chi connectivity index (χ3n) is 2.58. The third kappa shape index (κ3) is 4.50. The number of thiazole rings is 1. The molecule has 0 bridgehead atoms. The van der Waals surface area contributed by atoms with E-state index >= 15 is 0 Å². The monoisotopic (exact) mass is 322 g/mol. The van der Waals surface area contributed by atoms with Gasteiger partial charge in [-0.1, -0.05) is 11.8 Å². The van der Waals surface area contributed by atoms with E-state index in [0.717, 1.165) is 26.3 Å². The number of thioether (sulfide) groups is 1. The van der Waals surface area contributed by atoms with E-state index in [2.05, 4.69) is 20.5 Å². The lowest BCUT2D eigenvalue weighted by molar-refractivity contribution is -0.119. The van der Waals surface area contributed by atoms with E-state index in [0.29, 0.717) is 5.75 Å². The van der Waals surface area contributed by atoms with E-state index in [1.54, 1.807) is 11.3 Å². The van der Waals surface area contributed by atoms with Crippen LogP contribution in [-0.4, -0.2) is 32.9 Å². The molecule has 0 aliphatic rings. The summed E-state index contributed by atoms with van der Waals surface area (Å²) >= 11 is 3.00. The summed E-state index contributed by atoms with van der Waals surface area (Å²) in [4.78, 5) is 17.0. The maximum atomic E-state index is 11.6. The Morgan fingerprint density at radius 3 is 2.62 bits per heavy atom. The highest BCUT2D eigenvalue weighted by atomic mass is 32.2. The van der Waals surface area contributed by atoms with Crippen LogP contribution in [0.4, 0.5) is 0 Å². The largest absolute Gasteiger partial charge is 0.353 e. The average Bonchev–Trinajstić information content (AvgIpc) is 2.75. The van der Waals surface area contributed by atoms with Crippen molar-refractivity contribution in [3.8, 4) is 10.6 Å². The second kappa shape index (κ2) is 7.00. The van der Waals surface area contributed by atoms with Gasteiger partial charge < -0.3 is 5.32 Å². The molecule has 0 radical (unpaired) electrons. The van der Waals surface area contributed by atoms with E-state index < -0.39 is 0 Å². The smallest absolute Gasteiger partial charge is 0.230 e. The molecule has 7 heteroatoms. The zero-order valence-electron chi connectivity index (χ0n) is 12.5. The first-order chi connectivity index (χ1) is 9.95. The fourth-order valence-electron chi connectivity index (χ4n) is 1.79. The molecule has 21 heavy (non-hydrogen) atoms. The van der Waals surface area contributed by atoms with Crippen molar-refractivity contribution in [1.82, 2.24) is 20.5 Å². The molecule has 2 aromatic rings. The molecular formula is C14H18N4OS2. The zero-order valence-corrected chi connectivity index (χ0v) is 14.1. The maximum absolute atomic E-state index is 11.6. The molecule has 2 rings (SSSR count). The number of aromatic nitrogens is 3.